The summed E-state index contributed by atoms with van der Waals surface area (Å²) in [6.45, 7) is 17.4. The van der Waals surface area contributed by atoms with Gasteiger partial charge >= 0.3 is 0 Å². The zero-order chi connectivity index (χ0) is 12.4. The minimum absolute atomic E-state index is 0.145. The van der Waals surface area contributed by atoms with Crippen LogP contribution < -0.4 is 0 Å². The van der Waals surface area contributed by atoms with Crippen molar-refractivity contribution in [1.29, 1.82) is 0 Å². The quantitative estimate of drug-likeness (QED) is 0.619. The topological polar surface area (TPSA) is 3.24 Å². The second-order valence-corrected chi connectivity index (χ2v) is 6.45. The van der Waals surface area contributed by atoms with Crippen LogP contribution in [-0.2, 0) is 0 Å². The first-order valence-electron chi connectivity index (χ1n) is 5.55. The molecule has 0 aliphatic rings. The lowest BCUT2D eigenvalue weighted by Gasteiger charge is -2.31. The first-order chi connectivity index (χ1) is 6.46. The van der Waals surface area contributed by atoms with Crippen molar-refractivity contribution in [1.82, 2.24) is 4.90 Å². The molecule has 0 aliphatic heterocycles. The molecule has 0 radical (unpaired) electrons. The van der Waals surface area contributed by atoms with E-state index in [1.165, 1.54) is 11.3 Å². The Hall–Kier alpha value is -0.720. The molecule has 0 aliphatic carbocycles. The van der Waals surface area contributed by atoms with E-state index in [0.717, 1.165) is 0 Å². The highest BCUT2D eigenvalue weighted by Crippen LogP contribution is 2.32. The van der Waals surface area contributed by atoms with Crippen molar-refractivity contribution in [2.24, 2.45) is 10.8 Å². The normalized spacial score (nSPS) is 14.0. The van der Waals surface area contributed by atoms with Gasteiger partial charge in [-0.1, -0.05) is 48.1 Å². The van der Waals surface area contributed by atoms with Crippen LogP contribution in [0.2, 0.25) is 0 Å². The van der Waals surface area contributed by atoms with E-state index < -0.39 is 0 Å². The van der Waals surface area contributed by atoms with Gasteiger partial charge in [-0.25, -0.2) is 0 Å². The number of nitrogens with zero attached hydrogens (tertiary/aromatic N) is 1. The molecule has 15 heavy (non-hydrogen) atoms. The Morgan fingerprint density at radius 1 is 0.933 bits per heavy atom. The van der Waals surface area contributed by atoms with E-state index in [2.05, 4.69) is 73.2 Å². The Morgan fingerprint density at radius 3 is 1.53 bits per heavy atom. The minimum atomic E-state index is 0.145. The lowest BCUT2D eigenvalue weighted by molar-refractivity contribution is 0.350. The van der Waals surface area contributed by atoms with Crippen molar-refractivity contribution >= 4 is 0 Å². The third-order valence-electron chi connectivity index (χ3n) is 2.52. The summed E-state index contributed by atoms with van der Waals surface area (Å²) in [5, 5.41) is 0. The summed E-state index contributed by atoms with van der Waals surface area (Å²) in [5.41, 5.74) is 2.81. The molecule has 88 valence electrons. The number of hydrogen-bond acceptors (Lipinski definition) is 1. The molecule has 0 fully saturated rings. The van der Waals surface area contributed by atoms with Crippen LogP contribution >= 0.6 is 0 Å². The average Bonchev–Trinajstić information content (AvgIpc) is 1.94. The maximum atomic E-state index is 4.16. The van der Waals surface area contributed by atoms with E-state index >= 15 is 0 Å². The molecule has 0 spiro atoms. The summed E-state index contributed by atoms with van der Waals surface area (Å²) in [7, 11) is 4.18. The Bertz CT molecular complexity index is 256. The van der Waals surface area contributed by atoms with Crippen molar-refractivity contribution in [3.05, 3.63) is 23.9 Å². The molecule has 1 nitrogen and oxygen atoms in total. The van der Waals surface area contributed by atoms with Crippen LogP contribution in [0, 0.1) is 10.8 Å². The molecule has 0 aromatic heterocycles. The fourth-order valence-corrected chi connectivity index (χ4v) is 1.40. The summed E-state index contributed by atoms with van der Waals surface area (Å²) in [5.74, 6) is 0. The predicted octanol–water partition coefficient (Wildman–Crippen LogP) is 4.08. The van der Waals surface area contributed by atoms with Gasteiger partial charge in [0.1, 0.15) is 0 Å². The highest BCUT2D eigenvalue weighted by Gasteiger charge is 2.21. The van der Waals surface area contributed by atoms with Crippen molar-refractivity contribution in [2.75, 3.05) is 14.1 Å². The van der Waals surface area contributed by atoms with Crippen LogP contribution in [0.3, 0.4) is 0 Å². The first-order valence-corrected chi connectivity index (χ1v) is 5.55. The molecule has 0 rings (SSSR count). The van der Waals surface area contributed by atoms with Gasteiger partial charge in [0.15, 0.2) is 0 Å². The van der Waals surface area contributed by atoms with Gasteiger partial charge in [-0.05, 0) is 17.1 Å². The van der Waals surface area contributed by atoms with Gasteiger partial charge in [0.25, 0.3) is 0 Å². The van der Waals surface area contributed by atoms with Crippen LogP contribution in [0.5, 0.6) is 0 Å². The van der Waals surface area contributed by atoms with Crippen LogP contribution in [0.4, 0.5) is 0 Å². The van der Waals surface area contributed by atoms with Crippen LogP contribution in [0.15, 0.2) is 23.9 Å². The molecule has 0 N–H and O–H groups in total. The molecule has 0 unspecified atom stereocenters. The monoisotopic (exact) mass is 209 g/mol. The number of allylic oxidation sites excluding steroid dienone is 3. The average molecular weight is 209 g/mol. The maximum absolute atomic E-state index is 4.16. The summed E-state index contributed by atoms with van der Waals surface area (Å²) >= 11 is 0. The zero-order valence-electron chi connectivity index (χ0n) is 11.7. The fraction of sp³-hybridized carbons (Fsp3) is 0.714. The standard InChI is InChI=1S/C14H27N/c1-11(13(2,3)4)10-12(15(8)9)14(5,6)7/h10H,1H2,2-9H3/b12-10-. The van der Waals surface area contributed by atoms with Gasteiger partial charge in [-0.3, -0.25) is 0 Å². The summed E-state index contributed by atoms with van der Waals surface area (Å²) in [6, 6.07) is 0. The second kappa shape index (κ2) is 4.42. The van der Waals surface area contributed by atoms with Crippen LogP contribution in [-0.4, -0.2) is 19.0 Å². The molecule has 0 aromatic carbocycles. The molecule has 1 heteroatoms. The van der Waals surface area contributed by atoms with Crippen molar-refractivity contribution < 1.29 is 0 Å². The Morgan fingerprint density at radius 2 is 1.33 bits per heavy atom. The SMILES string of the molecule is C=C(/C=C(\N(C)C)C(C)(C)C)C(C)(C)C. The number of rotatable bonds is 2. The van der Waals surface area contributed by atoms with Gasteiger partial charge in [0.2, 0.25) is 0 Å². The lowest BCUT2D eigenvalue weighted by Crippen LogP contribution is -2.24. The molecule has 0 bridgehead atoms. The Kier molecular flexibility index (Phi) is 4.21. The molecule has 0 saturated carbocycles. The molecule has 0 saturated heterocycles. The van der Waals surface area contributed by atoms with E-state index in [1.54, 1.807) is 0 Å². The van der Waals surface area contributed by atoms with Gasteiger partial charge in [-0.15, -0.1) is 0 Å². The van der Waals surface area contributed by atoms with Gasteiger partial charge in [0.05, 0.1) is 0 Å². The summed E-state index contributed by atoms with van der Waals surface area (Å²) < 4.78 is 0. The van der Waals surface area contributed by atoms with Crippen LogP contribution in [0.25, 0.3) is 0 Å². The van der Waals surface area contributed by atoms with Gasteiger partial charge < -0.3 is 4.90 Å². The Labute approximate surface area is 95.9 Å². The van der Waals surface area contributed by atoms with E-state index in [-0.39, 0.29) is 10.8 Å². The predicted molar refractivity (Wildman–Crippen MR) is 69.8 cm³/mol. The smallest absolute Gasteiger partial charge is 0.0185 e. The summed E-state index contributed by atoms with van der Waals surface area (Å²) in [4.78, 5) is 2.18. The van der Waals surface area contributed by atoms with E-state index in [1.807, 2.05) is 0 Å². The van der Waals surface area contributed by atoms with Crippen molar-refractivity contribution in [3.63, 3.8) is 0 Å². The third-order valence-corrected chi connectivity index (χ3v) is 2.52. The highest BCUT2D eigenvalue weighted by molar-refractivity contribution is 5.27. The fourth-order valence-electron chi connectivity index (χ4n) is 1.40. The van der Waals surface area contributed by atoms with Crippen molar-refractivity contribution in [2.45, 2.75) is 41.5 Å². The highest BCUT2D eigenvalue weighted by atomic mass is 15.1. The van der Waals surface area contributed by atoms with E-state index in [9.17, 15) is 0 Å². The molecular formula is C14H27N. The van der Waals surface area contributed by atoms with Crippen LogP contribution in [0.1, 0.15) is 41.5 Å². The van der Waals surface area contributed by atoms with Gasteiger partial charge in [-0.2, -0.15) is 0 Å². The molecular weight excluding hydrogens is 182 g/mol. The zero-order valence-corrected chi connectivity index (χ0v) is 11.7. The number of hydrogen-bond donors (Lipinski definition) is 0. The van der Waals surface area contributed by atoms with Crippen molar-refractivity contribution in [3.8, 4) is 0 Å². The van der Waals surface area contributed by atoms with E-state index in [0.29, 0.717) is 0 Å². The molecule has 0 amide bonds. The minimum Gasteiger partial charge on any atom is -0.381 e. The largest absolute Gasteiger partial charge is 0.381 e. The third kappa shape index (κ3) is 4.55. The molecule has 0 heterocycles. The maximum Gasteiger partial charge on any atom is 0.0185 e. The van der Waals surface area contributed by atoms with E-state index in [4.69, 9.17) is 0 Å². The lowest BCUT2D eigenvalue weighted by atomic mass is 9.83. The summed E-state index contributed by atoms with van der Waals surface area (Å²) in [6.07, 6.45) is 2.22. The second-order valence-electron chi connectivity index (χ2n) is 6.45. The van der Waals surface area contributed by atoms with Gasteiger partial charge in [0, 0.05) is 25.2 Å². The molecule has 0 atom stereocenters. The molecule has 0 aromatic rings. The Balaban J connectivity index is 5.13. The first kappa shape index (κ1) is 14.3.